The van der Waals surface area contributed by atoms with Gasteiger partial charge in [-0.2, -0.15) is 0 Å². The van der Waals surface area contributed by atoms with Crippen molar-refractivity contribution in [2.45, 2.75) is 62.7 Å². The van der Waals surface area contributed by atoms with E-state index in [0.717, 1.165) is 0 Å². The van der Waals surface area contributed by atoms with Crippen LogP contribution >= 0.6 is 0 Å². The second-order valence-corrected chi connectivity index (χ2v) is 7.33. The molecule has 0 spiro atoms. The average Bonchev–Trinajstić information content (AvgIpc) is 2.73. The number of hydrogen-bond donors (Lipinski definition) is 4. The topological polar surface area (TPSA) is 153 Å². The molecular weight excluding hydrogens is 392 g/mol. The molecule has 0 aromatic carbocycles. The van der Waals surface area contributed by atoms with Crippen LogP contribution < -0.4 is 0 Å². The summed E-state index contributed by atoms with van der Waals surface area (Å²) in [6.45, 7) is 1.19. The Bertz CT molecular complexity index is 609. The number of carbonyl (C=O) groups excluding carboxylic acids is 1. The van der Waals surface area contributed by atoms with Gasteiger partial charge in [-0.25, -0.2) is 4.79 Å². The predicted molar refractivity (Wildman–Crippen MR) is 92.8 cm³/mol. The van der Waals surface area contributed by atoms with Crippen molar-refractivity contribution >= 4 is 5.97 Å². The molecule has 11 nitrogen and oxygen atoms in total. The molecule has 3 rings (SSSR count). The van der Waals surface area contributed by atoms with Crippen molar-refractivity contribution in [1.82, 2.24) is 0 Å². The van der Waals surface area contributed by atoms with Gasteiger partial charge in [0.1, 0.15) is 24.4 Å². The molecule has 1 unspecified atom stereocenters. The summed E-state index contributed by atoms with van der Waals surface area (Å²) in [6.07, 6.45) is -7.54. The van der Waals surface area contributed by atoms with Crippen LogP contribution in [0.4, 0.5) is 0 Å². The third kappa shape index (κ3) is 4.28. The molecule has 0 radical (unpaired) electrons. The van der Waals surface area contributed by atoms with Gasteiger partial charge in [0.2, 0.25) is 6.29 Å². The van der Waals surface area contributed by atoms with Crippen molar-refractivity contribution in [3.05, 3.63) is 11.8 Å². The highest BCUT2D eigenvalue weighted by Crippen LogP contribution is 2.43. The summed E-state index contributed by atoms with van der Waals surface area (Å²) in [4.78, 5) is 12.2. The summed E-state index contributed by atoms with van der Waals surface area (Å²) in [7, 11) is 2.77. The van der Waals surface area contributed by atoms with E-state index in [9.17, 15) is 25.2 Å². The second-order valence-electron chi connectivity index (χ2n) is 7.33. The van der Waals surface area contributed by atoms with Crippen LogP contribution in [0.25, 0.3) is 0 Å². The lowest BCUT2D eigenvalue weighted by molar-refractivity contribution is -0.352. The lowest BCUT2D eigenvalue weighted by Gasteiger charge is -2.47. The largest absolute Gasteiger partial charge is 0.471 e. The van der Waals surface area contributed by atoms with E-state index in [2.05, 4.69) is 0 Å². The first-order valence-electron chi connectivity index (χ1n) is 9.40. The molecule has 10 atom stereocenters. The van der Waals surface area contributed by atoms with Gasteiger partial charge >= 0.3 is 5.97 Å². The second kappa shape index (κ2) is 9.23. The van der Waals surface area contributed by atoms with Crippen LogP contribution in [0, 0.1) is 11.8 Å². The number of fused-ring (bicyclic) bond motifs is 1. The normalized spacial score (nSPS) is 45.0. The molecule has 3 aliphatic rings. The van der Waals surface area contributed by atoms with E-state index in [4.69, 9.17) is 28.4 Å². The first-order chi connectivity index (χ1) is 13.8. The number of esters is 1. The van der Waals surface area contributed by atoms with E-state index in [0.29, 0.717) is 12.0 Å². The van der Waals surface area contributed by atoms with Crippen LogP contribution in [-0.4, -0.2) is 96.6 Å². The molecule has 29 heavy (non-hydrogen) atoms. The smallest absolute Gasteiger partial charge is 0.337 e. The minimum atomic E-state index is -1.58. The van der Waals surface area contributed by atoms with Crippen molar-refractivity contribution in [3.8, 4) is 0 Å². The molecule has 0 bridgehead atoms. The molecule has 2 fully saturated rings. The fourth-order valence-electron chi connectivity index (χ4n) is 4.04. The van der Waals surface area contributed by atoms with Crippen LogP contribution in [0.15, 0.2) is 11.8 Å². The zero-order chi connectivity index (χ0) is 21.3. The van der Waals surface area contributed by atoms with E-state index < -0.39 is 67.9 Å². The van der Waals surface area contributed by atoms with Crippen molar-refractivity contribution in [3.63, 3.8) is 0 Å². The number of carbonyl (C=O) groups is 1. The summed E-state index contributed by atoms with van der Waals surface area (Å²) in [5, 5.41) is 39.5. The summed E-state index contributed by atoms with van der Waals surface area (Å²) in [6, 6.07) is 0. The number of methoxy groups -OCH3 is 2. The van der Waals surface area contributed by atoms with E-state index in [1.165, 1.54) is 20.5 Å². The maximum absolute atomic E-state index is 12.2. The third-order valence-electron chi connectivity index (χ3n) is 5.66. The van der Waals surface area contributed by atoms with Gasteiger partial charge in [-0.3, -0.25) is 0 Å². The Morgan fingerprint density at radius 2 is 1.86 bits per heavy atom. The summed E-state index contributed by atoms with van der Waals surface area (Å²) in [5.41, 5.74) is 0.309. The minimum Gasteiger partial charge on any atom is -0.471 e. The van der Waals surface area contributed by atoms with Crippen LogP contribution in [0.1, 0.15) is 13.3 Å². The Kier molecular flexibility index (Phi) is 7.12. The Morgan fingerprint density at radius 3 is 2.48 bits per heavy atom. The Labute approximate surface area is 167 Å². The standard InChI is InChI=1S/C18H28O11/c1-7-12-8(4-11(24-2)27-7)9(16(23)25-3)6-26-17(12)29-18-15(22)14(21)13(20)10(5-19)28-18/h6-8,10-15,17-22H,4-5H2,1-3H3/t7-,8-,10-,11?,12-,13-,14+,15-,17+,18+/m0/s1. The Balaban J connectivity index is 1.82. The fourth-order valence-corrected chi connectivity index (χ4v) is 4.04. The van der Waals surface area contributed by atoms with E-state index in [1.54, 1.807) is 6.92 Å². The Morgan fingerprint density at radius 1 is 1.14 bits per heavy atom. The lowest BCUT2D eigenvalue weighted by Crippen LogP contribution is -2.61. The van der Waals surface area contributed by atoms with Gasteiger partial charge in [0.05, 0.1) is 37.6 Å². The van der Waals surface area contributed by atoms with E-state index >= 15 is 0 Å². The molecule has 0 aromatic rings. The highest BCUT2D eigenvalue weighted by Gasteiger charge is 2.51. The molecule has 3 aliphatic heterocycles. The molecule has 4 N–H and O–H groups in total. The van der Waals surface area contributed by atoms with Gasteiger partial charge in [0.25, 0.3) is 0 Å². The SMILES string of the molecule is COC(=O)C1=CO[C@H](O[C@H]2O[C@@H](CO)[C@H](O)[C@@H](O)[C@@H]2O)[C@H]2[C@H](C)OC(OC)C[C@@H]12. The monoisotopic (exact) mass is 420 g/mol. The molecule has 2 saturated heterocycles. The minimum absolute atomic E-state index is 0.309. The summed E-state index contributed by atoms with van der Waals surface area (Å²) < 4.78 is 32.7. The quantitative estimate of drug-likeness (QED) is 0.374. The van der Waals surface area contributed by atoms with Crippen LogP contribution in [-0.2, 0) is 33.2 Å². The molecule has 0 amide bonds. The molecule has 0 aromatic heterocycles. The summed E-state index contributed by atoms with van der Waals surface area (Å²) >= 11 is 0. The first-order valence-corrected chi connectivity index (χ1v) is 9.40. The molecule has 0 saturated carbocycles. The van der Waals surface area contributed by atoms with Gasteiger partial charge in [-0.15, -0.1) is 0 Å². The van der Waals surface area contributed by atoms with Gasteiger partial charge in [0.15, 0.2) is 12.6 Å². The van der Waals surface area contributed by atoms with Crippen LogP contribution in [0.5, 0.6) is 0 Å². The average molecular weight is 420 g/mol. The van der Waals surface area contributed by atoms with Gasteiger partial charge in [-0.1, -0.05) is 0 Å². The van der Waals surface area contributed by atoms with Gasteiger partial charge in [-0.05, 0) is 6.92 Å². The highest BCUT2D eigenvalue weighted by atomic mass is 16.8. The predicted octanol–water partition coefficient (Wildman–Crippen LogP) is -1.77. The molecule has 0 aliphatic carbocycles. The fraction of sp³-hybridized carbons (Fsp3) is 0.833. The van der Waals surface area contributed by atoms with Gasteiger partial charge < -0.3 is 48.8 Å². The number of aliphatic hydroxyl groups is 4. The zero-order valence-corrected chi connectivity index (χ0v) is 16.4. The van der Waals surface area contributed by atoms with Crippen molar-refractivity contribution in [1.29, 1.82) is 0 Å². The number of ether oxygens (including phenoxy) is 6. The highest BCUT2D eigenvalue weighted by molar-refractivity contribution is 5.88. The maximum Gasteiger partial charge on any atom is 0.337 e. The molecule has 11 heteroatoms. The number of hydrogen-bond acceptors (Lipinski definition) is 11. The molecular formula is C18H28O11. The first kappa shape index (κ1) is 22.4. The molecule has 166 valence electrons. The maximum atomic E-state index is 12.2. The lowest BCUT2D eigenvalue weighted by atomic mass is 9.77. The number of rotatable bonds is 5. The zero-order valence-electron chi connectivity index (χ0n) is 16.4. The van der Waals surface area contributed by atoms with E-state index in [1.807, 2.05) is 0 Å². The Hall–Kier alpha value is -1.31. The van der Waals surface area contributed by atoms with Crippen LogP contribution in [0.2, 0.25) is 0 Å². The van der Waals surface area contributed by atoms with Crippen molar-refractivity contribution in [2.24, 2.45) is 11.8 Å². The van der Waals surface area contributed by atoms with Crippen LogP contribution in [0.3, 0.4) is 0 Å². The molecule has 3 heterocycles. The van der Waals surface area contributed by atoms with Crippen molar-refractivity contribution < 1.29 is 53.6 Å². The van der Waals surface area contributed by atoms with E-state index in [-0.39, 0.29) is 5.92 Å². The third-order valence-corrected chi connectivity index (χ3v) is 5.66. The van der Waals surface area contributed by atoms with Gasteiger partial charge in [0, 0.05) is 19.4 Å². The summed E-state index contributed by atoms with van der Waals surface area (Å²) in [5.74, 6) is -1.40. The van der Waals surface area contributed by atoms with Crippen molar-refractivity contribution in [2.75, 3.05) is 20.8 Å². The number of aliphatic hydroxyl groups excluding tert-OH is 4.